The van der Waals surface area contributed by atoms with Gasteiger partial charge >= 0.3 is 0 Å². The van der Waals surface area contributed by atoms with Crippen molar-refractivity contribution in [2.75, 3.05) is 7.11 Å². The molecule has 0 aliphatic heterocycles. The first-order valence-corrected chi connectivity index (χ1v) is 7.22. The van der Waals surface area contributed by atoms with Crippen molar-refractivity contribution in [3.63, 3.8) is 0 Å². The second-order valence-electron chi connectivity index (χ2n) is 4.82. The summed E-state index contributed by atoms with van der Waals surface area (Å²) in [5.74, 6) is 0.625. The Kier molecular flexibility index (Phi) is 4.82. The lowest BCUT2D eigenvalue weighted by Crippen LogP contribution is -2.38. The van der Waals surface area contributed by atoms with E-state index in [9.17, 15) is 9.90 Å². The maximum Gasteiger partial charge on any atom is 0.252 e. The number of hydrogen-bond acceptors (Lipinski definition) is 3. The Hall–Kier alpha value is -1.07. The zero-order chi connectivity index (χ0) is 13.8. The maximum atomic E-state index is 12.2. The molecule has 1 aliphatic rings. The number of aliphatic hydroxyl groups excluding tert-OH is 1. The second kappa shape index (κ2) is 6.39. The molecule has 1 aromatic carbocycles. The SMILES string of the molecule is COc1ccc(C(=O)NC2CCC(O)CC2)c(Br)c1. The van der Waals surface area contributed by atoms with E-state index in [4.69, 9.17) is 4.74 Å². The summed E-state index contributed by atoms with van der Waals surface area (Å²) < 4.78 is 5.82. The van der Waals surface area contributed by atoms with Crippen LogP contribution in [0.25, 0.3) is 0 Å². The third kappa shape index (κ3) is 3.70. The van der Waals surface area contributed by atoms with Gasteiger partial charge in [-0.15, -0.1) is 0 Å². The van der Waals surface area contributed by atoms with E-state index in [1.807, 2.05) is 0 Å². The van der Waals surface area contributed by atoms with Crippen molar-refractivity contribution in [2.45, 2.75) is 37.8 Å². The van der Waals surface area contributed by atoms with Gasteiger partial charge in [-0.1, -0.05) is 0 Å². The van der Waals surface area contributed by atoms with E-state index >= 15 is 0 Å². The molecule has 1 aromatic rings. The highest BCUT2D eigenvalue weighted by atomic mass is 79.9. The monoisotopic (exact) mass is 327 g/mol. The van der Waals surface area contributed by atoms with Crippen LogP contribution in [0.15, 0.2) is 22.7 Å². The zero-order valence-electron chi connectivity index (χ0n) is 10.9. The van der Waals surface area contributed by atoms with Gasteiger partial charge in [0.2, 0.25) is 0 Å². The van der Waals surface area contributed by atoms with Crippen molar-refractivity contribution < 1.29 is 14.6 Å². The molecular weight excluding hydrogens is 310 g/mol. The van der Waals surface area contributed by atoms with E-state index in [0.29, 0.717) is 11.3 Å². The minimum atomic E-state index is -0.208. The lowest BCUT2D eigenvalue weighted by atomic mass is 9.93. The number of carbonyl (C=O) groups is 1. The van der Waals surface area contributed by atoms with Gasteiger partial charge in [-0.05, 0) is 59.8 Å². The lowest BCUT2D eigenvalue weighted by Gasteiger charge is -2.26. The van der Waals surface area contributed by atoms with Crippen molar-refractivity contribution in [1.82, 2.24) is 5.32 Å². The van der Waals surface area contributed by atoms with Gasteiger partial charge in [-0.25, -0.2) is 0 Å². The summed E-state index contributed by atoms with van der Waals surface area (Å²) in [7, 11) is 1.59. The largest absolute Gasteiger partial charge is 0.497 e. The molecule has 104 valence electrons. The number of methoxy groups -OCH3 is 1. The summed E-state index contributed by atoms with van der Waals surface area (Å²) in [6.07, 6.45) is 2.98. The van der Waals surface area contributed by atoms with Crippen LogP contribution >= 0.6 is 15.9 Å². The Morgan fingerprint density at radius 1 is 1.37 bits per heavy atom. The third-order valence-corrected chi connectivity index (χ3v) is 4.11. The molecule has 0 atom stereocenters. The number of halogens is 1. The standard InChI is InChI=1S/C14H18BrNO3/c1-19-11-6-7-12(13(15)8-11)14(18)16-9-2-4-10(17)5-3-9/h6-10,17H,2-5H2,1H3,(H,16,18). The summed E-state index contributed by atoms with van der Waals surface area (Å²) in [4.78, 5) is 12.2. The van der Waals surface area contributed by atoms with E-state index in [0.717, 1.165) is 30.2 Å². The van der Waals surface area contributed by atoms with E-state index in [-0.39, 0.29) is 18.1 Å². The molecule has 2 N–H and O–H groups in total. The van der Waals surface area contributed by atoms with Crippen LogP contribution < -0.4 is 10.1 Å². The van der Waals surface area contributed by atoms with Crippen LogP contribution in [0.3, 0.4) is 0 Å². The van der Waals surface area contributed by atoms with E-state index in [1.165, 1.54) is 0 Å². The first kappa shape index (κ1) is 14.3. The minimum Gasteiger partial charge on any atom is -0.497 e. The van der Waals surface area contributed by atoms with E-state index in [2.05, 4.69) is 21.2 Å². The molecule has 2 rings (SSSR count). The van der Waals surface area contributed by atoms with Gasteiger partial charge in [0.1, 0.15) is 5.75 Å². The fraction of sp³-hybridized carbons (Fsp3) is 0.500. The van der Waals surface area contributed by atoms with Crippen LogP contribution in [0, 0.1) is 0 Å². The Balaban J connectivity index is 2.00. The van der Waals surface area contributed by atoms with Crippen molar-refractivity contribution >= 4 is 21.8 Å². The lowest BCUT2D eigenvalue weighted by molar-refractivity contribution is 0.0867. The van der Waals surface area contributed by atoms with Gasteiger partial charge in [0, 0.05) is 10.5 Å². The molecule has 5 heteroatoms. The van der Waals surface area contributed by atoms with Gasteiger partial charge in [-0.2, -0.15) is 0 Å². The molecule has 0 aromatic heterocycles. The molecule has 1 saturated carbocycles. The van der Waals surface area contributed by atoms with E-state index in [1.54, 1.807) is 25.3 Å². The quantitative estimate of drug-likeness (QED) is 0.896. The molecule has 0 spiro atoms. The number of nitrogens with one attached hydrogen (secondary N) is 1. The van der Waals surface area contributed by atoms with Gasteiger partial charge < -0.3 is 15.2 Å². The molecule has 0 bridgehead atoms. The molecule has 19 heavy (non-hydrogen) atoms. The number of aliphatic hydroxyl groups is 1. The summed E-state index contributed by atoms with van der Waals surface area (Å²) in [6.45, 7) is 0. The normalized spacial score (nSPS) is 22.9. The average Bonchev–Trinajstić information content (AvgIpc) is 2.41. The van der Waals surface area contributed by atoms with Crippen molar-refractivity contribution in [3.8, 4) is 5.75 Å². The first-order chi connectivity index (χ1) is 9.10. The third-order valence-electron chi connectivity index (χ3n) is 3.45. The Morgan fingerprint density at radius 3 is 2.63 bits per heavy atom. The molecule has 0 saturated heterocycles. The van der Waals surface area contributed by atoms with Gasteiger partial charge in [0.05, 0.1) is 18.8 Å². The number of rotatable bonds is 3. The first-order valence-electron chi connectivity index (χ1n) is 6.42. The van der Waals surface area contributed by atoms with Crippen LogP contribution in [0.5, 0.6) is 5.75 Å². The second-order valence-corrected chi connectivity index (χ2v) is 5.68. The van der Waals surface area contributed by atoms with Crippen LogP contribution in [-0.2, 0) is 0 Å². The van der Waals surface area contributed by atoms with Crippen LogP contribution in [-0.4, -0.2) is 30.3 Å². The highest BCUT2D eigenvalue weighted by Gasteiger charge is 2.22. The molecule has 0 unspecified atom stereocenters. The Bertz CT molecular complexity index is 456. The number of ether oxygens (including phenoxy) is 1. The minimum absolute atomic E-state index is 0.0871. The highest BCUT2D eigenvalue weighted by molar-refractivity contribution is 9.10. The smallest absolute Gasteiger partial charge is 0.252 e. The van der Waals surface area contributed by atoms with Crippen LogP contribution in [0.1, 0.15) is 36.0 Å². The number of benzene rings is 1. The molecule has 4 nitrogen and oxygen atoms in total. The molecule has 1 amide bonds. The molecule has 0 radical (unpaired) electrons. The summed E-state index contributed by atoms with van der Waals surface area (Å²) in [6, 6.07) is 5.45. The van der Waals surface area contributed by atoms with Crippen LogP contribution in [0.2, 0.25) is 0 Å². The molecule has 1 aliphatic carbocycles. The molecule has 0 heterocycles. The number of amides is 1. The summed E-state index contributed by atoms with van der Waals surface area (Å²) >= 11 is 3.38. The fourth-order valence-corrected chi connectivity index (χ4v) is 2.83. The summed E-state index contributed by atoms with van der Waals surface area (Å²) in [5, 5.41) is 12.5. The van der Waals surface area contributed by atoms with Crippen LogP contribution in [0.4, 0.5) is 0 Å². The fourth-order valence-electron chi connectivity index (χ4n) is 2.29. The van der Waals surface area contributed by atoms with E-state index < -0.39 is 0 Å². The van der Waals surface area contributed by atoms with Crippen molar-refractivity contribution in [2.24, 2.45) is 0 Å². The Labute approximate surface area is 121 Å². The van der Waals surface area contributed by atoms with Gasteiger partial charge in [0.25, 0.3) is 5.91 Å². The topological polar surface area (TPSA) is 58.6 Å². The van der Waals surface area contributed by atoms with Crippen molar-refractivity contribution in [1.29, 1.82) is 0 Å². The predicted molar refractivity (Wildman–Crippen MR) is 76.4 cm³/mol. The van der Waals surface area contributed by atoms with Gasteiger partial charge in [-0.3, -0.25) is 4.79 Å². The highest BCUT2D eigenvalue weighted by Crippen LogP contribution is 2.24. The maximum absolute atomic E-state index is 12.2. The average molecular weight is 328 g/mol. The zero-order valence-corrected chi connectivity index (χ0v) is 12.4. The molecule has 1 fully saturated rings. The van der Waals surface area contributed by atoms with Gasteiger partial charge in [0.15, 0.2) is 0 Å². The Morgan fingerprint density at radius 2 is 2.05 bits per heavy atom. The summed E-state index contributed by atoms with van der Waals surface area (Å²) in [5.41, 5.74) is 0.604. The molecular formula is C14H18BrNO3. The number of hydrogen-bond donors (Lipinski definition) is 2. The van der Waals surface area contributed by atoms with Crippen molar-refractivity contribution in [3.05, 3.63) is 28.2 Å². The predicted octanol–water partition coefficient (Wildman–Crippen LogP) is 2.49. The number of carbonyl (C=O) groups excluding carboxylic acids is 1.